The van der Waals surface area contributed by atoms with Crippen molar-refractivity contribution in [3.8, 4) is 0 Å². The van der Waals surface area contributed by atoms with Gasteiger partial charge in [0.05, 0.1) is 24.3 Å². The highest BCUT2D eigenvalue weighted by Gasteiger charge is 2.33. The predicted molar refractivity (Wildman–Crippen MR) is 91.6 cm³/mol. The first-order valence-corrected chi connectivity index (χ1v) is 8.12. The number of amides is 2. The molecule has 0 bridgehead atoms. The number of rotatable bonds is 5. The Morgan fingerprint density at radius 2 is 2.11 bits per heavy atom. The number of carbonyl (C=O) groups excluding carboxylic acids is 3. The zero-order valence-corrected chi connectivity index (χ0v) is 14.6. The predicted octanol–water partition coefficient (Wildman–Crippen LogP) is 0.870. The van der Waals surface area contributed by atoms with Crippen molar-refractivity contribution in [3.63, 3.8) is 0 Å². The minimum atomic E-state index is -1.32. The van der Waals surface area contributed by atoms with Gasteiger partial charge in [-0.2, -0.15) is 5.10 Å². The normalized spacial score (nSPS) is 16.0. The topological polar surface area (TPSA) is 131 Å². The molecule has 0 saturated carbocycles. The van der Waals surface area contributed by atoms with Crippen LogP contribution in [-0.4, -0.2) is 58.0 Å². The van der Waals surface area contributed by atoms with Crippen LogP contribution in [0.1, 0.15) is 27.8 Å². The average Bonchev–Trinajstić information content (AvgIpc) is 3.26. The number of aromatic carboxylic acids is 1. The molecule has 0 unspecified atom stereocenters. The van der Waals surface area contributed by atoms with Gasteiger partial charge in [0.25, 0.3) is 5.91 Å². The van der Waals surface area contributed by atoms with E-state index >= 15 is 0 Å². The molecule has 1 fully saturated rings. The summed E-state index contributed by atoms with van der Waals surface area (Å²) in [7, 11) is 0. The van der Waals surface area contributed by atoms with E-state index in [4.69, 9.17) is 9.84 Å². The third kappa shape index (κ3) is 3.82. The Morgan fingerprint density at radius 3 is 2.71 bits per heavy atom. The fourth-order valence-corrected chi connectivity index (χ4v) is 2.62. The number of nitrogens with zero attached hydrogens (tertiary/aromatic N) is 3. The van der Waals surface area contributed by atoms with Crippen LogP contribution >= 0.6 is 0 Å². The van der Waals surface area contributed by atoms with Crippen LogP contribution in [0.5, 0.6) is 0 Å². The van der Waals surface area contributed by atoms with Crippen molar-refractivity contribution in [1.82, 2.24) is 15.1 Å². The number of nitrogens with one attached hydrogen (secondary N) is 1. The minimum absolute atomic E-state index is 0.104. The number of aromatic nitrogens is 2. The maximum absolute atomic E-state index is 14.5. The van der Waals surface area contributed by atoms with Crippen LogP contribution in [0.2, 0.25) is 0 Å². The number of carboxylic acid groups (broad SMARTS) is 1. The second kappa shape index (κ2) is 7.47. The van der Waals surface area contributed by atoms with Crippen LogP contribution in [0.25, 0.3) is 0 Å². The van der Waals surface area contributed by atoms with Crippen LogP contribution in [0.15, 0.2) is 30.5 Å². The molecule has 1 aromatic carbocycles. The molecule has 10 nitrogen and oxygen atoms in total. The van der Waals surface area contributed by atoms with Gasteiger partial charge in [-0.15, -0.1) is 0 Å². The summed E-state index contributed by atoms with van der Waals surface area (Å²) in [6, 6.07) is 4.64. The molecule has 1 aromatic heterocycles. The summed E-state index contributed by atoms with van der Waals surface area (Å²) in [6.07, 6.45) is -0.171. The lowest BCUT2D eigenvalue weighted by molar-refractivity contribution is -0.119. The van der Waals surface area contributed by atoms with Crippen molar-refractivity contribution in [3.05, 3.63) is 47.5 Å². The zero-order valence-electron chi connectivity index (χ0n) is 14.6. The van der Waals surface area contributed by atoms with Crippen LogP contribution in [0, 0.1) is 5.82 Å². The number of carboxylic acids is 1. The third-order valence-corrected chi connectivity index (χ3v) is 3.96. The summed E-state index contributed by atoms with van der Waals surface area (Å²) in [5.41, 5.74) is -0.516. The van der Waals surface area contributed by atoms with Gasteiger partial charge in [-0.1, -0.05) is 0 Å². The molecule has 0 aliphatic carbocycles. The second-order valence-corrected chi connectivity index (χ2v) is 5.97. The molecular weight excluding hydrogens is 375 g/mol. The smallest absolute Gasteiger partial charge is 0.414 e. The molecule has 28 heavy (non-hydrogen) atoms. The van der Waals surface area contributed by atoms with Crippen molar-refractivity contribution in [2.45, 2.75) is 13.0 Å². The molecule has 1 aliphatic heterocycles. The van der Waals surface area contributed by atoms with E-state index in [9.17, 15) is 23.6 Å². The fraction of sp³-hybridized carbons (Fsp3) is 0.235. The summed E-state index contributed by atoms with van der Waals surface area (Å²) < 4.78 is 20.3. The third-order valence-electron chi connectivity index (χ3n) is 3.96. The number of cyclic esters (lactones) is 1. The molecule has 2 amide bonds. The van der Waals surface area contributed by atoms with Crippen LogP contribution in [-0.2, 0) is 9.53 Å². The average molecular weight is 390 g/mol. The van der Waals surface area contributed by atoms with Gasteiger partial charge in [-0.25, -0.2) is 18.7 Å². The first kappa shape index (κ1) is 19.0. The van der Waals surface area contributed by atoms with Crippen LogP contribution in [0.3, 0.4) is 0 Å². The van der Waals surface area contributed by atoms with E-state index in [0.717, 1.165) is 23.0 Å². The van der Waals surface area contributed by atoms with E-state index in [1.807, 2.05) is 0 Å². The van der Waals surface area contributed by atoms with E-state index in [1.165, 1.54) is 24.0 Å². The molecule has 0 spiro atoms. The van der Waals surface area contributed by atoms with E-state index < -0.39 is 29.9 Å². The highest BCUT2D eigenvalue weighted by molar-refractivity contribution is 5.97. The summed E-state index contributed by atoms with van der Waals surface area (Å²) in [4.78, 5) is 47.3. The van der Waals surface area contributed by atoms with Gasteiger partial charge in [-0.05, 0) is 24.3 Å². The number of hydrogen-bond donors (Lipinski definition) is 2. The van der Waals surface area contributed by atoms with E-state index in [2.05, 4.69) is 10.4 Å². The van der Waals surface area contributed by atoms with Gasteiger partial charge in [0.1, 0.15) is 11.9 Å². The SMILES string of the molecule is CC(=O)NC[C@H]1CN(c2ccc(C(=O)n3ccc(C(=O)O)n3)c(F)c2)C(=O)O1. The number of anilines is 1. The first-order valence-electron chi connectivity index (χ1n) is 8.12. The van der Waals surface area contributed by atoms with E-state index in [0.29, 0.717) is 0 Å². The molecule has 0 radical (unpaired) electrons. The molecule has 146 valence electrons. The number of ether oxygens (including phenoxy) is 1. The van der Waals surface area contributed by atoms with Crippen LogP contribution < -0.4 is 10.2 Å². The minimum Gasteiger partial charge on any atom is -0.476 e. The van der Waals surface area contributed by atoms with E-state index in [-0.39, 0.29) is 35.9 Å². The van der Waals surface area contributed by atoms with Crippen molar-refractivity contribution >= 4 is 29.6 Å². The van der Waals surface area contributed by atoms with Crippen molar-refractivity contribution in [2.24, 2.45) is 0 Å². The molecule has 1 aliphatic rings. The molecular formula is C17H15FN4O6. The maximum atomic E-state index is 14.5. The lowest BCUT2D eigenvalue weighted by Crippen LogP contribution is -2.33. The van der Waals surface area contributed by atoms with Crippen molar-refractivity contribution in [2.75, 3.05) is 18.0 Å². The Balaban J connectivity index is 1.76. The quantitative estimate of drug-likeness (QED) is 0.774. The summed E-state index contributed by atoms with van der Waals surface area (Å²) in [5.74, 6) is -3.35. The van der Waals surface area contributed by atoms with Gasteiger partial charge in [0, 0.05) is 13.1 Å². The fourth-order valence-electron chi connectivity index (χ4n) is 2.62. The summed E-state index contributed by atoms with van der Waals surface area (Å²) >= 11 is 0. The van der Waals surface area contributed by atoms with Crippen molar-refractivity contribution in [1.29, 1.82) is 0 Å². The monoisotopic (exact) mass is 390 g/mol. The number of hydrogen-bond acceptors (Lipinski definition) is 6. The van der Waals surface area contributed by atoms with E-state index in [1.54, 1.807) is 0 Å². The first-order chi connectivity index (χ1) is 13.3. The second-order valence-electron chi connectivity index (χ2n) is 5.97. The lowest BCUT2D eigenvalue weighted by atomic mass is 10.1. The Bertz CT molecular complexity index is 972. The van der Waals surface area contributed by atoms with Crippen LogP contribution in [0.4, 0.5) is 14.9 Å². The highest BCUT2D eigenvalue weighted by Crippen LogP contribution is 2.24. The maximum Gasteiger partial charge on any atom is 0.414 e. The largest absolute Gasteiger partial charge is 0.476 e. The zero-order chi connectivity index (χ0) is 20.4. The van der Waals surface area contributed by atoms with Gasteiger partial charge < -0.3 is 15.2 Å². The van der Waals surface area contributed by atoms with Crippen molar-refractivity contribution < 1.29 is 33.4 Å². The molecule has 2 aromatic rings. The van der Waals surface area contributed by atoms with Gasteiger partial charge in [0.2, 0.25) is 5.91 Å². The molecule has 1 saturated heterocycles. The number of halogens is 1. The molecule has 1 atom stereocenters. The molecule has 11 heteroatoms. The van der Waals surface area contributed by atoms with Gasteiger partial charge >= 0.3 is 12.1 Å². The Morgan fingerprint density at radius 1 is 1.36 bits per heavy atom. The highest BCUT2D eigenvalue weighted by atomic mass is 19.1. The molecule has 2 heterocycles. The Labute approximate surface area is 157 Å². The Kier molecular flexibility index (Phi) is 5.07. The molecule has 3 rings (SSSR count). The molecule has 2 N–H and O–H groups in total. The lowest BCUT2D eigenvalue weighted by Gasteiger charge is -2.14. The standard InChI is InChI=1S/C17H15FN4O6/c1-9(23)19-7-11-8-21(17(27)28-11)10-2-3-12(13(18)6-10)15(24)22-5-4-14(20-22)16(25)26/h2-6,11H,7-8H2,1H3,(H,19,23)(H,25,26)/t11-/m0/s1. The van der Waals surface area contributed by atoms with Gasteiger partial charge in [-0.3, -0.25) is 14.5 Å². The summed E-state index contributed by atoms with van der Waals surface area (Å²) in [5, 5.41) is 14.9. The number of benzene rings is 1. The summed E-state index contributed by atoms with van der Waals surface area (Å²) in [6.45, 7) is 1.56. The van der Waals surface area contributed by atoms with Gasteiger partial charge in [0.15, 0.2) is 5.69 Å². The number of carbonyl (C=O) groups is 4. The Hall–Kier alpha value is -3.76.